The van der Waals surface area contributed by atoms with Gasteiger partial charge in [0.2, 0.25) is 0 Å². The molecule has 0 bridgehead atoms. The number of fused-ring (bicyclic) bond motifs is 5. The summed E-state index contributed by atoms with van der Waals surface area (Å²) in [4.78, 5) is 27.8. The number of alkyl halides is 1. The lowest BCUT2D eigenvalue weighted by Gasteiger charge is -2.48. The fourth-order valence-electron chi connectivity index (χ4n) is 8.42. The van der Waals surface area contributed by atoms with Gasteiger partial charge in [0.1, 0.15) is 27.2 Å². The molecule has 1 heterocycles. The van der Waals surface area contributed by atoms with Crippen molar-refractivity contribution in [2.45, 2.75) is 129 Å². The first kappa shape index (κ1) is 45.4. The van der Waals surface area contributed by atoms with Gasteiger partial charge in [0.25, 0.3) is 0 Å². The smallest absolute Gasteiger partial charge is 0.410 e. The zero-order valence-electron chi connectivity index (χ0n) is 34.2. The summed E-state index contributed by atoms with van der Waals surface area (Å²) < 4.78 is 24.1. The summed E-state index contributed by atoms with van der Waals surface area (Å²) in [6, 6.07) is 12.3. The second-order valence-electron chi connectivity index (χ2n) is 17.0. The van der Waals surface area contributed by atoms with Gasteiger partial charge >= 0.3 is 6.09 Å². The largest absolute Gasteiger partial charge is 0.417 e. The van der Waals surface area contributed by atoms with Gasteiger partial charge in [-0.3, -0.25) is 14.5 Å². The Morgan fingerprint density at radius 1 is 1.02 bits per heavy atom. The Morgan fingerprint density at radius 2 is 1.67 bits per heavy atom. The molecule has 4 atom stereocenters. The van der Waals surface area contributed by atoms with E-state index in [4.69, 9.17) is 40.9 Å². The van der Waals surface area contributed by atoms with E-state index in [1.165, 1.54) is 24.0 Å². The van der Waals surface area contributed by atoms with Crippen molar-refractivity contribution in [3.8, 4) is 5.75 Å². The highest BCUT2D eigenvalue weighted by atomic mass is 32.1. The normalized spacial score (nSPS) is 23.5. The van der Waals surface area contributed by atoms with Crippen LogP contribution in [0.5, 0.6) is 5.75 Å². The Morgan fingerprint density at radius 3 is 2.24 bits per heavy atom. The van der Waals surface area contributed by atoms with Crippen molar-refractivity contribution in [3.05, 3.63) is 53.1 Å². The minimum absolute atomic E-state index is 0.103. The van der Waals surface area contributed by atoms with Gasteiger partial charge in [-0.25, -0.2) is 4.79 Å². The van der Waals surface area contributed by atoms with Crippen LogP contribution in [0, 0.1) is 22.7 Å². The lowest BCUT2D eigenvalue weighted by molar-refractivity contribution is -0.129. The molecular weight excluding hydrogens is 703 g/mol. The predicted octanol–water partition coefficient (Wildman–Crippen LogP) is 9.06. The SMILES string of the molecule is CCC(C)(C)CC.CCc1cc2c(cc1OC(=O)Nc1ccc(N3CCOCC3)cc1)CCC1C2CCC2(C)C(=O)CCC12.[B]C([B])(F)C([B])([B])CCCS. The van der Waals surface area contributed by atoms with Gasteiger partial charge in [0.15, 0.2) is 0 Å². The van der Waals surface area contributed by atoms with E-state index >= 15 is 0 Å². The number of nitrogens with one attached hydrogen (secondary N) is 1. The fraction of sp³-hybridized carbons (Fsp3) is 0.674. The number of benzene rings is 2. The van der Waals surface area contributed by atoms with E-state index < -0.39 is 16.8 Å². The Labute approximate surface area is 342 Å². The highest BCUT2D eigenvalue weighted by Gasteiger charge is 2.54. The van der Waals surface area contributed by atoms with Crippen LogP contribution in [0.2, 0.25) is 5.21 Å². The highest BCUT2D eigenvalue weighted by Crippen LogP contribution is 2.59. The summed E-state index contributed by atoms with van der Waals surface area (Å²) in [5, 5.41) is 1.22. The van der Waals surface area contributed by atoms with Crippen molar-refractivity contribution >= 4 is 67.3 Å². The van der Waals surface area contributed by atoms with Crippen LogP contribution < -0.4 is 15.0 Å². The number of ether oxygens (including phenoxy) is 2. The fourth-order valence-corrected chi connectivity index (χ4v) is 8.58. The van der Waals surface area contributed by atoms with Gasteiger partial charge in [-0.15, -0.1) is 0 Å². The number of Topliss-reactive ketones (excluding diaryl/α,β-unsaturated/α-hetero) is 1. The number of hydrogen-bond acceptors (Lipinski definition) is 6. The van der Waals surface area contributed by atoms with Crippen molar-refractivity contribution in [3.63, 3.8) is 0 Å². The van der Waals surface area contributed by atoms with E-state index in [9.17, 15) is 14.0 Å². The molecule has 1 N–H and O–H groups in total. The maximum absolute atomic E-state index is 12.8. The number of carbonyl (C=O) groups excluding carboxylic acids is 2. The molecule has 0 spiro atoms. The van der Waals surface area contributed by atoms with Gasteiger partial charge in [0, 0.05) is 41.8 Å². The Balaban J connectivity index is 0.000000312. The molecule has 1 aliphatic heterocycles. The molecule has 6 nitrogen and oxygen atoms in total. The first-order valence-electron chi connectivity index (χ1n) is 20.5. The first-order valence-corrected chi connectivity index (χ1v) is 21.1. The minimum atomic E-state index is -2.53. The molecule has 3 aliphatic carbocycles. The van der Waals surface area contributed by atoms with Crippen LogP contribution in [0.1, 0.15) is 122 Å². The van der Waals surface area contributed by atoms with Gasteiger partial charge in [-0.1, -0.05) is 72.1 Å². The minimum Gasteiger partial charge on any atom is -0.410 e. The molecule has 4 aliphatic rings. The number of rotatable bonds is 10. The van der Waals surface area contributed by atoms with E-state index in [-0.39, 0.29) is 11.8 Å². The number of nitrogens with zero attached hydrogens (tertiary/aromatic N) is 1. The van der Waals surface area contributed by atoms with E-state index in [0.29, 0.717) is 46.9 Å². The molecule has 6 rings (SSSR count). The van der Waals surface area contributed by atoms with Crippen LogP contribution >= 0.6 is 12.6 Å². The lowest BCUT2D eigenvalue weighted by atomic mass is 9.35. The summed E-state index contributed by atoms with van der Waals surface area (Å²) in [5.74, 6) is 3.36. The summed E-state index contributed by atoms with van der Waals surface area (Å²) in [6.07, 6.45) is 9.74. The third-order valence-electron chi connectivity index (χ3n) is 13.1. The number of aryl methyl sites for hydroxylation is 2. The number of carbonyl (C=O) groups is 2. The molecule has 1 amide bonds. The number of thiol groups is 1. The van der Waals surface area contributed by atoms with E-state index in [0.717, 1.165) is 88.2 Å². The van der Waals surface area contributed by atoms with Crippen LogP contribution in [0.4, 0.5) is 20.6 Å². The summed E-state index contributed by atoms with van der Waals surface area (Å²) in [7, 11) is 20.4. The van der Waals surface area contributed by atoms with Gasteiger partial charge in [-0.05, 0) is 121 Å². The van der Waals surface area contributed by atoms with Gasteiger partial charge < -0.3 is 14.4 Å². The number of halogens is 1. The standard InChI is InChI=1S/C31H38N2O4.C7H16.C5H7B4FS/c1-3-20-18-26-21(4-9-25-24(26)12-13-31(2)27(25)10-11-29(31)34)19-28(20)37-30(35)32-22-5-7-23(8-6-22)33-14-16-36-17-15-33;1-5-7(3,4)6-2;6-4(7,2-1-3-11)5(8,9)10/h5-8,18-19,24-25,27H,3-4,9-17H2,1-2H3,(H,32,35);5-6H2,1-4H3;11H,1-3H2. The number of hydrogen-bond donors (Lipinski definition) is 2. The van der Waals surface area contributed by atoms with Crippen LogP contribution in [0.3, 0.4) is 0 Å². The third kappa shape index (κ3) is 11.4. The van der Waals surface area contributed by atoms with Crippen molar-refractivity contribution in [2.24, 2.45) is 22.7 Å². The molecule has 8 radical (unpaired) electrons. The molecule has 2 aromatic rings. The molecule has 12 heteroatoms. The van der Waals surface area contributed by atoms with Gasteiger partial charge in [-0.2, -0.15) is 12.6 Å². The average molecular weight is 764 g/mol. The van der Waals surface area contributed by atoms with E-state index in [2.05, 4.69) is 76.5 Å². The average Bonchev–Trinajstić information content (AvgIpc) is 3.47. The molecule has 2 aromatic carbocycles. The van der Waals surface area contributed by atoms with Gasteiger partial charge in [0.05, 0.1) is 28.9 Å². The Hall–Kier alpha value is -2.32. The topological polar surface area (TPSA) is 67.9 Å². The quantitative estimate of drug-likeness (QED) is 0.187. The second-order valence-corrected chi connectivity index (χ2v) is 17.5. The molecule has 292 valence electrons. The molecule has 2 saturated carbocycles. The van der Waals surface area contributed by atoms with Crippen LogP contribution in [0.15, 0.2) is 36.4 Å². The number of anilines is 2. The zero-order valence-corrected chi connectivity index (χ0v) is 35.1. The van der Waals surface area contributed by atoms with Crippen LogP contribution in [-0.4, -0.2) is 80.8 Å². The third-order valence-corrected chi connectivity index (χ3v) is 13.4. The Bertz CT molecular complexity index is 1580. The molecular formula is C43H61B4FN2O4S. The van der Waals surface area contributed by atoms with E-state index in [1.807, 2.05) is 24.3 Å². The molecule has 3 fully saturated rings. The zero-order chi connectivity index (χ0) is 40.6. The number of morpholine rings is 1. The molecule has 4 unspecified atom stereocenters. The van der Waals surface area contributed by atoms with Crippen molar-refractivity contribution < 1.29 is 23.5 Å². The Kier molecular flexibility index (Phi) is 16.0. The molecule has 55 heavy (non-hydrogen) atoms. The summed E-state index contributed by atoms with van der Waals surface area (Å²) in [6.45, 7) is 16.7. The second kappa shape index (κ2) is 19.4. The molecule has 0 aromatic heterocycles. The molecule has 1 saturated heterocycles. The van der Waals surface area contributed by atoms with E-state index in [1.54, 1.807) is 0 Å². The van der Waals surface area contributed by atoms with Crippen molar-refractivity contribution in [2.75, 3.05) is 42.3 Å². The first-order chi connectivity index (χ1) is 25.9. The number of ketones is 1. The van der Waals surface area contributed by atoms with Crippen molar-refractivity contribution in [1.82, 2.24) is 0 Å². The maximum Gasteiger partial charge on any atom is 0.417 e. The van der Waals surface area contributed by atoms with Crippen LogP contribution in [0.25, 0.3) is 0 Å². The maximum atomic E-state index is 12.8. The summed E-state index contributed by atoms with van der Waals surface area (Å²) >= 11 is 3.91. The lowest BCUT2D eigenvalue weighted by Crippen LogP contribution is -2.42. The monoisotopic (exact) mass is 764 g/mol. The van der Waals surface area contributed by atoms with Crippen LogP contribution in [-0.2, 0) is 22.4 Å². The van der Waals surface area contributed by atoms with Crippen molar-refractivity contribution in [1.29, 1.82) is 0 Å². The summed E-state index contributed by atoms with van der Waals surface area (Å²) in [5.41, 5.74) is 3.62. The highest BCUT2D eigenvalue weighted by molar-refractivity contribution is 7.80. The predicted molar refractivity (Wildman–Crippen MR) is 232 cm³/mol. The number of amides is 1.